The van der Waals surface area contributed by atoms with Crippen LogP contribution < -0.4 is 25.2 Å². The van der Waals surface area contributed by atoms with Crippen LogP contribution in [-0.2, 0) is 9.53 Å². The van der Waals surface area contributed by atoms with Crippen molar-refractivity contribution in [3.63, 3.8) is 0 Å². The smallest absolute Gasteiger partial charge is 0.338 e. The molecule has 1 atom stereocenters. The average molecular weight is 620 g/mol. The number of ether oxygens (including phenoxy) is 2. The highest BCUT2D eigenvalue weighted by molar-refractivity contribution is 7.99. The Balaban J connectivity index is 1.61. The van der Waals surface area contributed by atoms with Gasteiger partial charge < -0.3 is 14.5 Å². The molecule has 14 heteroatoms. The average Bonchev–Trinajstić information content (AvgIpc) is 3.26. The summed E-state index contributed by atoms with van der Waals surface area (Å²) in [5, 5.41) is 12.2. The van der Waals surface area contributed by atoms with Gasteiger partial charge in [-0.2, -0.15) is 0 Å². The normalized spacial score (nSPS) is 14.7. The molecule has 220 valence electrons. The van der Waals surface area contributed by atoms with Crippen LogP contribution in [0.1, 0.15) is 36.7 Å². The Hall–Kier alpha value is -4.82. The maximum absolute atomic E-state index is 13.9. The first-order valence-electron chi connectivity index (χ1n) is 13.0. The number of H-pyrrole nitrogens is 1. The number of aromatic nitrogens is 3. The lowest BCUT2D eigenvalue weighted by atomic mass is 9.96. The van der Waals surface area contributed by atoms with Crippen molar-refractivity contribution in [3.05, 3.63) is 117 Å². The predicted octanol–water partition coefficient (Wildman–Crippen LogP) is 3.26. The van der Waals surface area contributed by atoms with Crippen molar-refractivity contribution < 1.29 is 19.2 Å². The lowest BCUT2D eigenvalue weighted by molar-refractivity contribution is -0.387. The second kappa shape index (κ2) is 12.2. The largest absolute Gasteiger partial charge is 0.497 e. The maximum atomic E-state index is 13.9. The van der Waals surface area contributed by atoms with Crippen molar-refractivity contribution in [2.24, 2.45) is 4.99 Å². The summed E-state index contributed by atoms with van der Waals surface area (Å²) in [7, 11) is 1.54. The van der Waals surface area contributed by atoms with Crippen LogP contribution in [0, 0.1) is 17.0 Å². The van der Waals surface area contributed by atoms with Crippen LogP contribution in [0.15, 0.2) is 84.4 Å². The third kappa shape index (κ3) is 6.05. The number of carbonyl (C=O) groups excluding carboxylic acids is 1. The molecular formula is C29H25N5O7S2. The highest BCUT2D eigenvalue weighted by atomic mass is 32.2. The van der Waals surface area contributed by atoms with E-state index in [2.05, 4.69) is 15.0 Å². The molecule has 1 N–H and O–H groups in total. The van der Waals surface area contributed by atoms with E-state index >= 15 is 0 Å². The van der Waals surface area contributed by atoms with E-state index in [0.29, 0.717) is 33.1 Å². The van der Waals surface area contributed by atoms with Crippen molar-refractivity contribution in [1.29, 1.82) is 0 Å². The number of carbonyl (C=O) groups is 1. The van der Waals surface area contributed by atoms with E-state index in [1.165, 1.54) is 22.8 Å². The molecule has 0 amide bonds. The molecule has 0 aliphatic carbocycles. The van der Waals surface area contributed by atoms with Gasteiger partial charge in [0.25, 0.3) is 16.8 Å². The molecule has 1 aliphatic rings. The lowest BCUT2D eigenvalue weighted by Gasteiger charge is -2.24. The summed E-state index contributed by atoms with van der Waals surface area (Å²) >= 11 is 2.07. The molecule has 12 nitrogen and oxygen atoms in total. The van der Waals surface area contributed by atoms with Crippen LogP contribution in [-0.4, -0.2) is 39.1 Å². The summed E-state index contributed by atoms with van der Waals surface area (Å²) in [6.45, 7) is 5.20. The highest BCUT2D eigenvalue weighted by Crippen LogP contribution is 2.34. The number of nitrogens with one attached hydrogen (secondary N) is 1. The van der Waals surface area contributed by atoms with E-state index < -0.39 is 22.5 Å². The van der Waals surface area contributed by atoms with Gasteiger partial charge in [0.05, 0.1) is 45.4 Å². The zero-order valence-corrected chi connectivity index (χ0v) is 25.1. The monoisotopic (exact) mass is 619 g/mol. The van der Waals surface area contributed by atoms with Gasteiger partial charge in [-0.3, -0.25) is 24.3 Å². The highest BCUT2D eigenvalue weighted by Gasteiger charge is 2.33. The molecule has 0 saturated heterocycles. The summed E-state index contributed by atoms with van der Waals surface area (Å²) in [6.07, 6.45) is 1.55. The first kappa shape index (κ1) is 29.7. The number of thiazole rings is 1. The molecule has 0 spiro atoms. The van der Waals surface area contributed by atoms with E-state index in [4.69, 9.17) is 9.47 Å². The number of fused-ring (bicyclic) bond motifs is 1. The number of hydrogen-bond acceptors (Lipinski definition) is 11. The number of nitrogens with zero attached hydrogens (tertiary/aromatic N) is 4. The number of aryl methyl sites for hydroxylation is 1. The van der Waals surface area contributed by atoms with Crippen LogP contribution in [0.5, 0.6) is 5.75 Å². The number of hydrogen-bond donors (Lipinski definition) is 1. The molecule has 1 aliphatic heterocycles. The van der Waals surface area contributed by atoms with Crippen LogP contribution in [0.3, 0.4) is 0 Å². The molecule has 0 radical (unpaired) electrons. The van der Waals surface area contributed by atoms with E-state index in [1.807, 2.05) is 0 Å². The second-order valence-electron chi connectivity index (χ2n) is 9.35. The number of allylic oxidation sites excluding steroid dienone is 1. The van der Waals surface area contributed by atoms with Crippen LogP contribution in [0.4, 0.5) is 5.69 Å². The fraction of sp³-hybridized carbons (Fsp3) is 0.207. The van der Waals surface area contributed by atoms with Gasteiger partial charge in [0.2, 0.25) is 0 Å². The van der Waals surface area contributed by atoms with Crippen LogP contribution >= 0.6 is 23.1 Å². The van der Waals surface area contributed by atoms with Crippen molar-refractivity contribution in [2.45, 2.75) is 36.9 Å². The lowest BCUT2D eigenvalue weighted by Crippen LogP contribution is -2.39. The molecule has 3 heterocycles. The number of nitro groups is 1. The SMILES string of the molecule is CCOC(=O)C1=C(C)N=c2s/c(=C/c3ccc(Sc4nc(C)cc(=O)[nH]4)c([N+](=O)[O-])c3)c(=O)n2[C@@H]1c1ccc(OC)cc1. The molecule has 2 aromatic heterocycles. The molecule has 4 aromatic rings. The van der Waals surface area contributed by atoms with Crippen molar-refractivity contribution >= 4 is 40.8 Å². The van der Waals surface area contributed by atoms with Gasteiger partial charge in [-0.15, -0.1) is 0 Å². The fourth-order valence-electron chi connectivity index (χ4n) is 4.60. The number of nitro benzene ring substituents is 1. The Bertz CT molecular complexity index is 2030. The van der Waals surface area contributed by atoms with Crippen molar-refractivity contribution in [3.8, 4) is 5.75 Å². The number of benzene rings is 2. The molecule has 0 bridgehead atoms. The van der Waals surface area contributed by atoms with E-state index in [-0.39, 0.29) is 38.0 Å². The summed E-state index contributed by atoms with van der Waals surface area (Å²) in [5.41, 5.74) is 1.22. The topological polar surface area (TPSA) is 159 Å². The predicted molar refractivity (Wildman–Crippen MR) is 160 cm³/mol. The zero-order chi connectivity index (χ0) is 30.8. The number of aromatic amines is 1. The summed E-state index contributed by atoms with van der Waals surface area (Å²) in [5.74, 6) is 0.0364. The van der Waals surface area contributed by atoms with Crippen LogP contribution in [0.25, 0.3) is 6.08 Å². The van der Waals surface area contributed by atoms with Gasteiger partial charge in [0.15, 0.2) is 9.96 Å². The minimum Gasteiger partial charge on any atom is -0.497 e. The number of methoxy groups -OCH3 is 1. The van der Waals surface area contributed by atoms with Gasteiger partial charge in [0.1, 0.15) is 5.75 Å². The number of rotatable bonds is 8. The molecular weight excluding hydrogens is 594 g/mol. The standard InChI is InChI=1S/C29H25N5O7S2/c1-5-41-27(37)24-16(3)31-29-33(25(24)18-7-9-19(40-4)10-8-18)26(36)22(43-29)14-17-6-11-21(20(13-17)34(38)39)42-28-30-15(2)12-23(35)32-28/h6-14,25H,5H2,1-4H3,(H,30,32,35)/b22-14+/t25-/m1/s1. The molecule has 2 aromatic carbocycles. The van der Waals surface area contributed by atoms with Gasteiger partial charge >= 0.3 is 5.97 Å². The Morgan fingerprint density at radius 2 is 1.93 bits per heavy atom. The Labute approximate surface area is 252 Å². The molecule has 43 heavy (non-hydrogen) atoms. The third-order valence-electron chi connectivity index (χ3n) is 6.48. The van der Waals surface area contributed by atoms with Crippen molar-refractivity contribution in [1.82, 2.24) is 14.5 Å². The molecule has 5 rings (SSSR count). The summed E-state index contributed by atoms with van der Waals surface area (Å²) < 4.78 is 12.3. The second-order valence-corrected chi connectivity index (χ2v) is 11.4. The van der Waals surface area contributed by atoms with Gasteiger partial charge in [0, 0.05) is 17.8 Å². The summed E-state index contributed by atoms with van der Waals surface area (Å²) in [6, 6.07) is 12.1. The van der Waals surface area contributed by atoms with Gasteiger partial charge in [-0.05, 0) is 67.9 Å². The molecule has 0 saturated carbocycles. The Morgan fingerprint density at radius 3 is 2.58 bits per heavy atom. The fourth-order valence-corrected chi connectivity index (χ4v) is 6.57. The number of esters is 1. The van der Waals surface area contributed by atoms with E-state index in [9.17, 15) is 24.5 Å². The van der Waals surface area contributed by atoms with E-state index in [1.54, 1.807) is 64.3 Å². The quantitative estimate of drug-likeness (QED) is 0.135. The first-order valence-corrected chi connectivity index (χ1v) is 14.6. The van der Waals surface area contributed by atoms with E-state index in [0.717, 1.165) is 23.1 Å². The minimum absolute atomic E-state index is 0.151. The molecule has 0 fully saturated rings. The Morgan fingerprint density at radius 1 is 1.19 bits per heavy atom. The zero-order valence-electron chi connectivity index (χ0n) is 23.4. The van der Waals surface area contributed by atoms with Gasteiger partial charge in [-0.1, -0.05) is 29.5 Å². The minimum atomic E-state index is -0.805. The van der Waals surface area contributed by atoms with Crippen LogP contribution in [0.2, 0.25) is 0 Å². The molecule has 0 unspecified atom stereocenters. The third-order valence-corrected chi connectivity index (χ3v) is 8.42. The van der Waals surface area contributed by atoms with Gasteiger partial charge in [-0.25, -0.2) is 14.8 Å². The van der Waals surface area contributed by atoms with Crippen molar-refractivity contribution in [2.75, 3.05) is 13.7 Å². The first-order chi connectivity index (χ1) is 20.6. The summed E-state index contributed by atoms with van der Waals surface area (Å²) in [4.78, 5) is 62.2. The Kier molecular flexibility index (Phi) is 8.41. The maximum Gasteiger partial charge on any atom is 0.338 e.